The zero-order valence-electron chi connectivity index (χ0n) is 17.0. The lowest BCUT2D eigenvalue weighted by Gasteiger charge is -2.24. The number of aryl methyl sites for hydroxylation is 2. The number of allylic oxidation sites excluding steroid dienone is 1. The van der Waals surface area contributed by atoms with Gasteiger partial charge in [0.2, 0.25) is 11.8 Å². The number of carbonyl (C=O) groups is 2. The Morgan fingerprint density at radius 2 is 2.06 bits per heavy atom. The van der Waals surface area contributed by atoms with Crippen LogP contribution in [0.1, 0.15) is 29.0 Å². The molecule has 2 aromatic carbocycles. The van der Waals surface area contributed by atoms with Gasteiger partial charge < -0.3 is 10.6 Å². The molecule has 2 aromatic rings. The maximum atomic E-state index is 12.4. The van der Waals surface area contributed by atoms with Gasteiger partial charge in [0.05, 0.1) is 27.3 Å². The molecular weight excluding hydrogens is 416 g/mol. The molecule has 0 spiro atoms. The summed E-state index contributed by atoms with van der Waals surface area (Å²) in [6.45, 7) is 3.94. The van der Waals surface area contributed by atoms with Gasteiger partial charge in [0.25, 0.3) is 5.69 Å². The number of thioether (sulfide) groups is 1. The second-order valence-electron chi connectivity index (χ2n) is 7.15. The summed E-state index contributed by atoms with van der Waals surface area (Å²) in [4.78, 5) is 35.2. The normalized spacial score (nSPS) is 15.8. The maximum Gasteiger partial charge on any atom is 0.269 e. The minimum atomic E-state index is -0.607. The van der Waals surface area contributed by atoms with Gasteiger partial charge >= 0.3 is 0 Å². The van der Waals surface area contributed by atoms with Crippen LogP contribution < -0.4 is 10.6 Å². The van der Waals surface area contributed by atoms with Gasteiger partial charge in [-0.15, -0.1) is 0 Å². The van der Waals surface area contributed by atoms with E-state index in [9.17, 15) is 25.0 Å². The van der Waals surface area contributed by atoms with E-state index in [2.05, 4.69) is 16.7 Å². The smallest absolute Gasteiger partial charge is 0.269 e. The summed E-state index contributed by atoms with van der Waals surface area (Å²) in [7, 11) is 0. The van der Waals surface area contributed by atoms with Crippen molar-refractivity contribution in [1.82, 2.24) is 5.32 Å². The summed E-state index contributed by atoms with van der Waals surface area (Å²) in [5.41, 5.74) is 3.53. The van der Waals surface area contributed by atoms with E-state index in [4.69, 9.17) is 0 Å². The number of hydrogen-bond acceptors (Lipinski definition) is 6. The summed E-state index contributed by atoms with van der Waals surface area (Å²) in [6.07, 6.45) is 0.00294. The third-order valence-electron chi connectivity index (χ3n) is 4.98. The number of anilines is 1. The van der Waals surface area contributed by atoms with Crippen LogP contribution in [0.2, 0.25) is 0 Å². The number of nitro groups is 1. The Bertz CT molecular complexity index is 1140. The fourth-order valence-corrected chi connectivity index (χ4v) is 4.10. The average molecular weight is 436 g/mol. The minimum absolute atomic E-state index is 0.00294. The first kappa shape index (κ1) is 22.1. The molecule has 1 unspecified atom stereocenters. The predicted molar refractivity (Wildman–Crippen MR) is 118 cm³/mol. The topological polar surface area (TPSA) is 125 Å². The molecule has 0 bridgehead atoms. The molecule has 0 saturated carbocycles. The average Bonchev–Trinajstić information content (AvgIpc) is 2.74. The maximum absolute atomic E-state index is 12.4. The van der Waals surface area contributed by atoms with Crippen molar-refractivity contribution < 1.29 is 14.5 Å². The zero-order valence-corrected chi connectivity index (χ0v) is 17.8. The summed E-state index contributed by atoms with van der Waals surface area (Å²) in [5.74, 6) is -1.20. The van der Waals surface area contributed by atoms with E-state index in [-0.39, 0.29) is 35.2 Å². The van der Waals surface area contributed by atoms with E-state index < -0.39 is 10.8 Å². The Morgan fingerprint density at radius 3 is 2.74 bits per heavy atom. The van der Waals surface area contributed by atoms with Gasteiger partial charge in [0, 0.05) is 30.2 Å². The highest BCUT2D eigenvalue weighted by molar-refractivity contribution is 8.03. The monoisotopic (exact) mass is 436 g/mol. The van der Waals surface area contributed by atoms with Gasteiger partial charge in [-0.05, 0) is 42.7 Å². The van der Waals surface area contributed by atoms with Crippen molar-refractivity contribution >= 4 is 35.0 Å². The number of non-ortho nitro benzene ring substituents is 1. The fourth-order valence-electron chi connectivity index (χ4n) is 3.23. The van der Waals surface area contributed by atoms with Crippen molar-refractivity contribution in [3.8, 4) is 6.07 Å². The molecule has 1 aliphatic rings. The lowest BCUT2D eigenvalue weighted by atomic mass is 9.87. The molecule has 0 aliphatic carbocycles. The number of amides is 2. The molecule has 0 fully saturated rings. The molecule has 1 atom stereocenters. The molecule has 2 N–H and O–H groups in total. The molecule has 31 heavy (non-hydrogen) atoms. The van der Waals surface area contributed by atoms with Crippen LogP contribution in [0.25, 0.3) is 0 Å². The van der Waals surface area contributed by atoms with E-state index in [1.165, 1.54) is 18.2 Å². The molecule has 8 nitrogen and oxygen atoms in total. The van der Waals surface area contributed by atoms with Crippen LogP contribution in [0, 0.1) is 35.3 Å². The number of nitro benzene ring substituents is 1. The van der Waals surface area contributed by atoms with Crippen molar-refractivity contribution in [3.63, 3.8) is 0 Å². The van der Waals surface area contributed by atoms with Gasteiger partial charge in [0.15, 0.2) is 0 Å². The second kappa shape index (κ2) is 9.45. The molecule has 1 heterocycles. The number of rotatable bonds is 6. The first-order valence-electron chi connectivity index (χ1n) is 9.47. The third-order valence-corrected chi connectivity index (χ3v) is 5.99. The van der Waals surface area contributed by atoms with Gasteiger partial charge in [-0.2, -0.15) is 5.26 Å². The second-order valence-corrected chi connectivity index (χ2v) is 8.13. The van der Waals surface area contributed by atoms with Crippen LogP contribution in [-0.2, 0) is 9.59 Å². The molecule has 2 amide bonds. The third kappa shape index (κ3) is 5.29. The van der Waals surface area contributed by atoms with Crippen molar-refractivity contribution in [2.75, 3.05) is 11.1 Å². The number of nitriles is 1. The van der Waals surface area contributed by atoms with Crippen LogP contribution in [-0.4, -0.2) is 22.5 Å². The molecule has 1 aliphatic heterocycles. The van der Waals surface area contributed by atoms with E-state index in [0.717, 1.165) is 22.9 Å². The number of hydrogen-bond donors (Lipinski definition) is 2. The first-order chi connectivity index (χ1) is 14.8. The Balaban J connectivity index is 1.78. The SMILES string of the molecule is Cc1ccc(NC(=O)CSC2=C(C#N)C(c3cccc([N+](=O)[O-])c3)CC(=O)N2)cc1C. The van der Waals surface area contributed by atoms with Gasteiger partial charge in [-0.3, -0.25) is 19.7 Å². The predicted octanol–water partition coefficient (Wildman–Crippen LogP) is 3.92. The van der Waals surface area contributed by atoms with Crippen LogP contribution in [0.5, 0.6) is 0 Å². The molecular formula is C22H20N4O4S. The first-order valence-corrected chi connectivity index (χ1v) is 10.5. The minimum Gasteiger partial charge on any atom is -0.325 e. The van der Waals surface area contributed by atoms with Crippen LogP contribution >= 0.6 is 11.8 Å². The highest BCUT2D eigenvalue weighted by Crippen LogP contribution is 2.36. The Hall–Kier alpha value is -3.64. The highest BCUT2D eigenvalue weighted by atomic mass is 32.2. The van der Waals surface area contributed by atoms with Gasteiger partial charge in [-0.1, -0.05) is 30.0 Å². The molecule has 3 rings (SSSR count). The lowest BCUT2D eigenvalue weighted by molar-refractivity contribution is -0.384. The Kier molecular flexibility index (Phi) is 6.72. The molecule has 9 heteroatoms. The van der Waals surface area contributed by atoms with E-state index in [0.29, 0.717) is 16.3 Å². The van der Waals surface area contributed by atoms with Crippen molar-refractivity contribution in [1.29, 1.82) is 5.26 Å². The summed E-state index contributed by atoms with van der Waals surface area (Å²) in [6, 6.07) is 13.6. The van der Waals surface area contributed by atoms with E-state index in [1.807, 2.05) is 32.0 Å². The van der Waals surface area contributed by atoms with E-state index in [1.54, 1.807) is 6.07 Å². The highest BCUT2D eigenvalue weighted by Gasteiger charge is 2.30. The van der Waals surface area contributed by atoms with Crippen molar-refractivity contribution in [2.45, 2.75) is 26.2 Å². The Labute approximate surface area is 183 Å². The van der Waals surface area contributed by atoms with Crippen LogP contribution in [0.4, 0.5) is 11.4 Å². The summed E-state index contributed by atoms with van der Waals surface area (Å²) < 4.78 is 0. The fraction of sp³-hybridized carbons (Fsp3) is 0.227. The number of carbonyl (C=O) groups excluding carboxylic acids is 2. The molecule has 158 valence electrons. The lowest BCUT2D eigenvalue weighted by Crippen LogP contribution is -2.31. The number of nitrogens with zero attached hydrogens (tertiary/aromatic N) is 2. The molecule has 0 aromatic heterocycles. The van der Waals surface area contributed by atoms with Crippen LogP contribution in [0.15, 0.2) is 53.1 Å². The van der Waals surface area contributed by atoms with Crippen molar-refractivity contribution in [2.24, 2.45) is 0 Å². The molecule has 0 saturated heterocycles. The summed E-state index contributed by atoms with van der Waals surface area (Å²) in [5, 5.41) is 26.5. The van der Waals surface area contributed by atoms with Crippen LogP contribution in [0.3, 0.4) is 0 Å². The van der Waals surface area contributed by atoms with Gasteiger partial charge in [-0.25, -0.2) is 0 Å². The largest absolute Gasteiger partial charge is 0.325 e. The molecule has 0 radical (unpaired) electrons. The number of nitrogens with one attached hydrogen (secondary N) is 2. The quantitative estimate of drug-likeness (QED) is 0.522. The summed E-state index contributed by atoms with van der Waals surface area (Å²) >= 11 is 1.06. The number of benzene rings is 2. The standard InChI is InChI=1S/C22H20N4O4S/c1-13-6-7-16(8-14(13)2)24-21(28)12-31-22-19(11-23)18(10-20(27)25-22)15-4-3-5-17(9-15)26(29)30/h3-9,18H,10,12H2,1-2H3,(H,24,28)(H,25,27). The van der Waals surface area contributed by atoms with Gasteiger partial charge in [0.1, 0.15) is 0 Å². The Morgan fingerprint density at radius 1 is 1.29 bits per heavy atom. The van der Waals surface area contributed by atoms with Crippen molar-refractivity contribution in [3.05, 3.63) is 79.9 Å². The van der Waals surface area contributed by atoms with E-state index >= 15 is 0 Å². The zero-order chi connectivity index (χ0) is 22.5.